The highest BCUT2D eigenvalue weighted by Gasteiger charge is 2.31. The van der Waals surface area contributed by atoms with Gasteiger partial charge in [-0.1, -0.05) is 0 Å². The Morgan fingerprint density at radius 1 is 1.64 bits per heavy atom. The van der Waals surface area contributed by atoms with Gasteiger partial charge in [0.15, 0.2) is 0 Å². The van der Waals surface area contributed by atoms with Gasteiger partial charge in [-0.15, -0.1) is 0 Å². The van der Waals surface area contributed by atoms with Crippen molar-refractivity contribution in [1.82, 2.24) is 4.90 Å². The molecule has 1 aliphatic carbocycles. The SMILES string of the molecule is COCC(C)N(CCC(=O)O)C1CC1. The predicted molar refractivity (Wildman–Crippen MR) is 53.3 cm³/mol. The molecule has 14 heavy (non-hydrogen) atoms. The zero-order valence-corrected chi connectivity index (χ0v) is 8.90. The fourth-order valence-corrected chi connectivity index (χ4v) is 1.73. The van der Waals surface area contributed by atoms with E-state index < -0.39 is 5.97 Å². The van der Waals surface area contributed by atoms with Gasteiger partial charge < -0.3 is 9.84 Å². The van der Waals surface area contributed by atoms with Crippen molar-refractivity contribution in [3.63, 3.8) is 0 Å². The van der Waals surface area contributed by atoms with Gasteiger partial charge >= 0.3 is 5.97 Å². The van der Waals surface area contributed by atoms with E-state index in [-0.39, 0.29) is 6.42 Å². The van der Waals surface area contributed by atoms with E-state index in [1.807, 2.05) is 0 Å². The maximum absolute atomic E-state index is 10.5. The summed E-state index contributed by atoms with van der Waals surface area (Å²) in [5.41, 5.74) is 0. The molecule has 82 valence electrons. The summed E-state index contributed by atoms with van der Waals surface area (Å²) in [7, 11) is 1.68. The van der Waals surface area contributed by atoms with Gasteiger partial charge in [0.1, 0.15) is 0 Å². The second kappa shape index (κ2) is 5.32. The van der Waals surface area contributed by atoms with E-state index >= 15 is 0 Å². The second-order valence-corrected chi connectivity index (χ2v) is 3.92. The third kappa shape index (κ3) is 3.64. The van der Waals surface area contributed by atoms with Gasteiger partial charge in [0.2, 0.25) is 0 Å². The highest BCUT2D eigenvalue weighted by atomic mass is 16.5. The number of ether oxygens (including phenoxy) is 1. The molecule has 0 spiro atoms. The quantitative estimate of drug-likeness (QED) is 0.666. The molecule has 0 aromatic rings. The van der Waals surface area contributed by atoms with Crippen molar-refractivity contribution >= 4 is 5.97 Å². The fourth-order valence-electron chi connectivity index (χ4n) is 1.73. The van der Waals surface area contributed by atoms with Gasteiger partial charge in [0.05, 0.1) is 13.0 Å². The predicted octanol–water partition coefficient (Wildman–Crippen LogP) is 0.960. The lowest BCUT2D eigenvalue weighted by Gasteiger charge is -2.27. The number of methoxy groups -OCH3 is 1. The standard InChI is InChI=1S/C10H19NO3/c1-8(7-14-2)11(9-3-4-9)6-5-10(12)13/h8-9H,3-7H2,1-2H3,(H,12,13). The lowest BCUT2D eigenvalue weighted by Crippen LogP contribution is -2.39. The molecule has 4 heteroatoms. The van der Waals surface area contributed by atoms with Crippen LogP contribution in [-0.4, -0.2) is 48.3 Å². The van der Waals surface area contributed by atoms with Crippen molar-refractivity contribution in [2.24, 2.45) is 0 Å². The maximum Gasteiger partial charge on any atom is 0.304 e. The van der Waals surface area contributed by atoms with Crippen LogP contribution in [0.25, 0.3) is 0 Å². The second-order valence-electron chi connectivity index (χ2n) is 3.92. The summed E-state index contributed by atoms with van der Waals surface area (Å²) in [6, 6.07) is 0.923. The van der Waals surface area contributed by atoms with E-state index in [9.17, 15) is 4.79 Å². The van der Waals surface area contributed by atoms with Crippen LogP contribution >= 0.6 is 0 Å². The Hall–Kier alpha value is -0.610. The Morgan fingerprint density at radius 2 is 2.29 bits per heavy atom. The number of hydrogen-bond acceptors (Lipinski definition) is 3. The molecule has 0 amide bonds. The van der Waals surface area contributed by atoms with Crippen molar-refractivity contribution in [2.75, 3.05) is 20.3 Å². The summed E-state index contributed by atoms with van der Waals surface area (Å²) in [4.78, 5) is 12.7. The topological polar surface area (TPSA) is 49.8 Å². The van der Waals surface area contributed by atoms with E-state index in [4.69, 9.17) is 9.84 Å². The monoisotopic (exact) mass is 201 g/mol. The van der Waals surface area contributed by atoms with Crippen molar-refractivity contribution in [3.8, 4) is 0 Å². The number of rotatable bonds is 7. The Balaban J connectivity index is 2.33. The molecule has 1 unspecified atom stereocenters. The average Bonchev–Trinajstić information content (AvgIpc) is 2.88. The lowest BCUT2D eigenvalue weighted by atomic mass is 10.2. The van der Waals surface area contributed by atoms with E-state index in [1.54, 1.807) is 7.11 Å². The van der Waals surface area contributed by atoms with E-state index in [0.717, 1.165) is 0 Å². The number of carboxylic acid groups (broad SMARTS) is 1. The molecular formula is C10H19NO3. The molecule has 1 saturated carbocycles. The summed E-state index contributed by atoms with van der Waals surface area (Å²) >= 11 is 0. The lowest BCUT2D eigenvalue weighted by molar-refractivity contribution is -0.137. The maximum atomic E-state index is 10.5. The number of carboxylic acids is 1. The number of aliphatic carboxylic acids is 1. The van der Waals surface area contributed by atoms with Crippen LogP contribution in [0.2, 0.25) is 0 Å². The van der Waals surface area contributed by atoms with Crippen LogP contribution in [0.5, 0.6) is 0 Å². The van der Waals surface area contributed by atoms with E-state index in [1.165, 1.54) is 12.8 Å². The highest BCUT2D eigenvalue weighted by Crippen LogP contribution is 2.28. The van der Waals surface area contributed by atoms with Crippen LogP contribution in [0.15, 0.2) is 0 Å². The van der Waals surface area contributed by atoms with Gasteiger partial charge in [-0.25, -0.2) is 0 Å². The molecule has 0 aromatic heterocycles. The van der Waals surface area contributed by atoms with Crippen LogP contribution in [-0.2, 0) is 9.53 Å². The third-order valence-corrected chi connectivity index (χ3v) is 2.57. The first-order chi connectivity index (χ1) is 6.65. The molecule has 0 radical (unpaired) electrons. The molecule has 0 heterocycles. The molecule has 0 saturated heterocycles. The Bertz CT molecular complexity index is 192. The Kier molecular flexibility index (Phi) is 4.35. The molecule has 0 aromatic carbocycles. The number of nitrogens with zero attached hydrogens (tertiary/aromatic N) is 1. The highest BCUT2D eigenvalue weighted by molar-refractivity contribution is 5.66. The summed E-state index contributed by atoms with van der Waals surface area (Å²) < 4.78 is 5.08. The van der Waals surface area contributed by atoms with E-state index in [2.05, 4.69) is 11.8 Å². The van der Waals surface area contributed by atoms with Gasteiger partial charge in [0, 0.05) is 25.7 Å². The molecular weight excluding hydrogens is 182 g/mol. The van der Waals surface area contributed by atoms with Gasteiger partial charge in [-0.3, -0.25) is 9.69 Å². The van der Waals surface area contributed by atoms with Crippen molar-refractivity contribution in [1.29, 1.82) is 0 Å². The minimum absolute atomic E-state index is 0.227. The van der Waals surface area contributed by atoms with Crippen LogP contribution in [0.4, 0.5) is 0 Å². The fraction of sp³-hybridized carbons (Fsp3) is 0.900. The molecule has 1 atom stereocenters. The third-order valence-electron chi connectivity index (χ3n) is 2.57. The van der Waals surface area contributed by atoms with Gasteiger partial charge in [-0.05, 0) is 19.8 Å². The van der Waals surface area contributed by atoms with Crippen molar-refractivity contribution < 1.29 is 14.6 Å². The molecule has 1 N–H and O–H groups in total. The first kappa shape index (κ1) is 11.5. The molecule has 1 aliphatic rings. The minimum atomic E-state index is -0.722. The molecule has 0 aliphatic heterocycles. The molecule has 1 fully saturated rings. The summed E-state index contributed by atoms with van der Waals surface area (Å²) in [5.74, 6) is -0.722. The molecule has 1 rings (SSSR count). The van der Waals surface area contributed by atoms with Gasteiger partial charge in [0.25, 0.3) is 0 Å². The number of hydrogen-bond donors (Lipinski definition) is 1. The Labute approximate surface area is 84.8 Å². The number of carbonyl (C=O) groups is 1. The summed E-state index contributed by atoms with van der Waals surface area (Å²) in [6.45, 7) is 3.41. The van der Waals surface area contributed by atoms with Crippen molar-refractivity contribution in [2.45, 2.75) is 38.3 Å². The largest absolute Gasteiger partial charge is 0.481 e. The first-order valence-corrected chi connectivity index (χ1v) is 5.11. The normalized spacial score (nSPS) is 18.5. The van der Waals surface area contributed by atoms with Crippen LogP contribution in [0.3, 0.4) is 0 Å². The summed E-state index contributed by atoms with van der Waals surface area (Å²) in [6.07, 6.45) is 2.63. The van der Waals surface area contributed by atoms with Crippen LogP contribution in [0, 0.1) is 0 Å². The minimum Gasteiger partial charge on any atom is -0.481 e. The van der Waals surface area contributed by atoms with Crippen LogP contribution < -0.4 is 0 Å². The van der Waals surface area contributed by atoms with Gasteiger partial charge in [-0.2, -0.15) is 0 Å². The van der Waals surface area contributed by atoms with Crippen molar-refractivity contribution in [3.05, 3.63) is 0 Å². The molecule has 4 nitrogen and oxygen atoms in total. The zero-order chi connectivity index (χ0) is 10.6. The first-order valence-electron chi connectivity index (χ1n) is 5.11. The summed E-state index contributed by atoms with van der Waals surface area (Å²) in [5, 5.41) is 8.62. The Morgan fingerprint density at radius 3 is 2.71 bits per heavy atom. The zero-order valence-electron chi connectivity index (χ0n) is 8.90. The van der Waals surface area contributed by atoms with E-state index in [0.29, 0.717) is 25.2 Å². The van der Waals surface area contributed by atoms with Crippen LogP contribution in [0.1, 0.15) is 26.2 Å². The average molecular weight is 201 g/mol. The smallest absolute Gasteiger partial charge is 0.304 e. The molecule has 0 bridgehead atoms.